The van der Waals surface area contributed by atoms with E-state index in [0.717, 1.165) is 56.0 Å². The second kappa shape index (κ2) is 6.65. The monoisotopic (exact) mass is 327 g/mol. The Kier molecular flexibility index (Phi) is 4.37. The maximum atomic E-state index is 10.7. The molecule has 1 heterocycles. The number of nitro groups is 1. The fraction of sp³-hybridized carbons (Fsp3) is 0.579. The predicted molar refractivity (Wildman–Crippen MR) is 93.7 cm³/mol. The molecule has 128 valence electrons. The Labute approximate surface area is 143 Å². The Morgan fingerprint density at radius 1 is 1.00 bits per heavy atom. The SMILES string of the molecule is O=[N+]([O-])c1ccc(CN2CCN(C[C@@H]3C[C@H]4C=C[C@H]3C4)CC2)cc1. The lowest BCUT2D eigenvalue weighted by Crippen LogP contribution is -2.47. The molecule has 1 aromatic rings. The van der Waals surface area contributed by atoms with Crippen LogP contribution in [0.1, 0.15) is 18.4 Å². The summed E-state index contributed by atoms with van der Waals surface area (Å²) in [4.78, 5) is 15.5. The summed E-state index contributed by atoms with van der Waals surface area (Å²) in [6.07, 6.45) is 7.65. The van der Waals surface area contributed by atoms with Gasteiger partial charge >= 0.3 is 0 Å². The Bertz CT molecular complexity index is 620. The van der Waals surface area contributed by atoms with E-state index in [2.05, 4.69) is 22.0 Å². The third kappa shape index (κ3) is 3.37. The molecule has 1 saturated carbocycles. The molecule has 1 aliphatic heterocycles. The number of allylic oxidation sites excluding steroid dienone is 2. The van der Waals surface area contributed by atoms with Crippen LogP contribution in [0.4, 0.5) is 5.69 Å². The van der Waals surface area contributed by atoms with E-state index in [0.29, 0.717) is 0 Å². The van der Waals surface area contributed by atoms with Crippen molar-refractivity contribution >= 4 is 5.69 Å². The molecule has 0 spiro atoms. The third-order valence-electron chi connectivity index (χ3n) is 5.93. The van der Waals surface area contributed by atoms with Gasteiger partial charge in [0, 0.05) is 51.4 Å². The number of nitro benzene ring substituents is 1. The number of hydrogen-bond donors (Lipinski definition) is 0. The van der Waals surface area contributed by atoms with Gasteiger partial charge in [-0.1, -0.05) is 24.3 Å². The highest BCUT2D eigenvalue weighted by atomic mass is 16.6. The first-order valence-corrected chi connectivity index (χ1v) is 9.04. The number of fused-ring (bicyclic) bond motifs is 2. The highest BCUT2D eigenvalue weighted by Gasteiger charge is 2.36. The molecular formula is C19H25N3O2. The zero-order chi connectivity index (χ0) is 16.5. The van der Waals surface area contributed by atoms with Crippen molar-refractivity contribution in [2.75, 3.05) is 32.7 Å². The summed E-state index contributed by atoms with van der Waals surface area (Å²) in [6, 6.07) is 6.97. The molecule has 3 atom stereocenters. The average molecular weight is 327 g/mol. The lowest BCUT2D eigenvalue weighted by molar-refractivity contribution is -0.384. The Morgan fingerprint density at radius 3 is 2.29 bits per heavy atom. The molecule has 1 saturated heterocycles. The molecule has 2 aliphatic carbocycles. The van der Waals surface area contributed by atoms with Crippen LogP contribution in [0.2, 0.25) is 0 Å². The van der Waals surface area contributed by atoms with Gasteiger partial charge in [0.05, 0.1) is 4.92 Å². The number of nitrogens with zero attached hydrogens (tertiary/aromatic N) is 3. The molecule has 4 rings (SSSR count). The number of rotatable bonds is 5. The summed E-state index contributed by atoms with van der Waals surface area (Å²) in [5.74, 6) is 2.58. The maximum absolute atomic E-state index is 10.7. The van der Waals surface area contributed by atoms with Gasteiger partial charge in [0.15, 0.2) is 0 Å². The zero-order valence-electron chi connectivity index (χ0n) is 14.0. The number of piperazine rings is 1. The van der Waals surface area contributed by atoms with Gasteiger partial charge in [-0.05, 0) is 36.2 Å². The van der Waals surface area contributed by atoms with Crippen LogP contribution >= 0.6 is 0 Å². The minimum absolute atomic E-state index is 0.170. The van der Waals surface area contributed by atoms with Gasteiger partial charge in [-0.15, -0.1) is 0 Å². The van der Waals surface area contributed by atoms with Gasteiger partial charge in [-0.3, -0.25) is 15.0 Å². The van der Waals surface area contributed by atoms with Gasteiger partial charge in [0.25, 0.3) is 5.69 Å². The first kappa shape index (κ1) is 15.8. The molecule has 24 heavy (non-hydrogen) atoms. The van der Waals surface area contributed by atoms with E-state index in [9.17, 15) is 10.1 Å². The van der Waals surface area contributed by atoms with Gasteiger partial charge in [0.2, 0.25) is 0 Å². The molecule has 0 unspecified atom stereocenters. The summed E-state index contributed by atoms with van der Waals surface area (Å²) < 4.78 is 0. The van der Waals surface area contributed by atoms with Gasteiger partial charge in [-0.2, -0.15) is 0 Å². The van der Waals surface area contributed by atoms with Gasteiger partial charge < -0.3 is 4.90 Å². The fourth-order valence-corrected chi connectivity index (χ4v) is 4.55. The summed E-state index contributed by atoms with van der Waals surface area (Å²) in [7, 11) is 0. The number of non-ortho nitro benzene ring substituents is 1. The first-order valence-electron chi connectivity index (χ1n) is 9.04. The van der Waals surface area contributed by atoms with Crippen LogP contribution in [0.5, 0.6) is 0 Å². The normalized spacial score (nSPS) is 30.1. The summed E-state index contributed by atoms with van der Waals surface area (Å²) in [5, 5.41) is 10.7. The molecule has 0 amide bonds. The van der Waals surface area contributed by atoms with Crippen molar-refractivity contribution < 1.29 is 4.92 Å². The van der Waals surface area contributed by atoms with Crippen LogP contribution < -0.4 is 0 Å². The van der Waals surface area contributed by atoms with Crippen molar-refractivity contribution in [3.8, 4) is 0 Å². The molecule has 5 heteroatoms. The van der Waals surface area contributed by atoms with Crippen molar-refractivity contribution in [3.05, 3.63) is 52.1 Å². The highest BCUT2D eigenvalue weighted by Crippen LogP contribution is 2.43. The van der Waals surface area contributed by atoms with Crippen molar-refractivity contribution in [2.24, 2.45) is 17.8 Å². The van der Waals surface area contributed by atoms with Crippen LogP contribution in [0, 0.1) is 27.9 Å². The lowest BCUT2D eigenvalue weighted by Gasteiger charge is -2.37. The van der Waals surface area contributed by atoms with E-state index in [1.807, 2.05) is 12.1 Å². The predicted octanol–water partition coefficient (Wildman–Crippen LogP) is 2.92. The smallest absolute Gasteiger partial charge is 0.269 e. The molecule has 0 radical (unpaired) electrons. The van der Waals surface area contributed by atoms with Crippen molar-refractivity contribution in [1.29, 1.82) is 0 Å². The van der Waals surface area contributed by atoms with Crippen molar-refractivity contribution in [1.82, 2.24) is 9.80 Å². The van der Waals surface area contributed by atoms with Gasteiger partial charge in [0.1, 0.15) is 0 Å². The van der Waals surface area contributed by atoms with Crippen LogP contribution in [0.25, 0.3) is 0 Å². The van der Waals surface area contributed by atoms with E-state index in [1.165, 1.54) is 19.4 Å². The lowest BCUT2D eigenvalue weighted by atomic mass is 9.93. The van der Waals surface area contributed by atoms with E-state index in [-0.39, 0.29) is 10.6 Å². The molecule has 0 N–H and O–H groups in total. The van der Waals surface area contributed by atoms with E-state index in [4.69, 9.17) is 0 Å². The Hall–Kier alpha value is -1.72. The van der Waals surface area contributed by atoms with Crippen LogP contribution in [-0.2, 0) is 6.54 Å². The first-order chi connectivity index (χ1) is 11.7. The summed E-state index contributed by atoms with van der Waals surface area (Å²) in [5.41, 5.74) is 1.33. The highest BCUT2D eigenvalue weighted by molar-refractivity contribution is 5.32. The number of hydrogen-bond acceptors (Lipinski definition) is 4. The van der Waals surface area contributed by atoms with E-state index >= 15 is 0 Å². The van der Waals surface area contributed by atoms with Crippen molar-refractivity contribution in [2.45, 2.75) is 19.4 Å². The average Bonchev–Trinajstić information content (AvgIpc) is 3.20. The van der Waals surface area contributed by atoms with Crippen molar-refractivity contribution in [3.63, 3.8) is 0 Å². The Morgan fingerprint density at radius 2 is 1.71 bits per heavy atom. The van der Waals surface area contributed by atoms with Crippen LogP contribution in [0.15, 0.2) is 36.4 Å². The second-order valence-electron chi connectivity index (χ2n) is 7.54. The maximum Gasteiger partial charge on any atom is 0.269 e. The topological polar surface area (TPSA) is 49.6 Å². The molecule has 3 aliphatic rings. The molecule has 0 aromatic heterocycles. The molecule has 2 fully saturated rings. The molecule has 1 aromatic carbocycles. The minimum Gasteiger partial charge on any atom is -0.300 e. The molecular weight excluding hydrogens is 302 g/mol. The number of benzene rings is 1. The Balaban J connectivity index is 1.24. The van der Waals surface area contributed by atoms with E-state index < -0.39 is 0 Å². The fourth-order valence-electron chi connectivity index (χ4n) is 4.55. The largest absolute Gasteiger partial charge is 0.300 e. The quantitative estimate of drug-likeness (QED) is 0.474. The van der Waals surface area contributed by atoms with Crippen LogP contribution in [0.3, 0.4) is 0 Å². The standard InChI is InChI=1S/C19H25N3O2/c23-22(24)19-5-2-15(3-6-19)13-20-7-9-21(10-8-20)14-18-12-16-1-4-17(18)11-16/h1-6,16-18H,7-14H2/t16-,17-,18-/m0/s1. The van der Waals surface area contributed by atoms with E-state index in [1.54, 1.807) is 12.1 Å². The zero-order valence-corrected chi connectivity index (χ0v) is 14.0. The molecule has 2 bridgehead atoms. The third-order valence-corrected chi connectivity index (χ3v) is 5.93. The minimum atomic E-state index is -0.340. The molecule has 5 nitrogen and oxygen atoms in total. The second-order valence-corrected chi connectivity index (χ2v) is 7.54. The summed E-state index contributed by atoms with van der Waals surface area (Å²) >= 11 is 0. The van der Waals surface area contributed by atoms with Crippen LogP contribution in [-0.4, -0.2) is 47.4 Å². The summed E-state index contributed by atoms with van der Waals surface area (Å²) in [6.45, 7) is 6.62. The van der Waals surface area contributed by atoms with Gasteiger partial charge in [-0.25, -0.2) is 0 Å².